The predicted molar refractivity (Wildman–Crippen MR) is 139 cm³/mol. The molecule has 186 valence electrons. The summed E-state index contributed by atoms with van der Waals surface area (Å²) in [6.07, 6.45) is 0. The monoisotopic (exact) mass is 497 g/mol. The third-order valence-corrected chi connectivity index (χ3v) is 7.01. The number of para-hydroxylation sites is 1. The number of benzene rings is 2. The van der Waals surface area contributed by atoms with Crippen LogP contribution in [0.4, 0.5) is 5.69 Å². The fourth-order valence-corrected chi connectivity index (χ4v) is 4.72. The van der Waals surface area contributed by atoms with E-state index in [0.29, 0.717) is 16.4 Å². The van der Waals surface area contributed by atoms with Gasteiger partial charge in [0.05, 0.1) is 24.5 Å². The van der Waals surface area contributed by atoms with E-state index in [1.165, 1.54) is 0 Å². The highest BCUT2D eigenvalue weighted by atomic mass is 35.5. The molecule has 1 aliphatic rings. The lowest BCUT2D eigenvalue weighted by Crippen LogP contribution is -2.52. The molecule has 0 spiro atoms. The summed E-state index contributed by atoms with van der Waals surface area (Å²) in [5.74, 6) is 0.643. The Balaban J connectivity index is 1.39. The number of rotatable bonds is 7. The molecule has 1 amide bonds. The average molecular weight is 498 g/mol. The number of nitrogens with one attached hydrogen (secondary N) is 1. The van der Waals surface area contributed by atoms with Crippen molar-refractivity contribution in [1.29, 1.82) is 0 Å². The van der Waals surface area contributed by atoms with E-state index in [9.17, 15) is 9.59 Å². The van der Waals surface area contributed by atoms with E-state index in [-0.39, 0.29) is 17.5 Å². The molecule has 1 atom stereocenters. The third-order valence-electron chi connectivity index (χ3n) is 6.77. The maximum absolute atomic E-state index is 13.1. The number of hydrogen-bond acceptors (Lipinski definition) is 5. The molecule has 2 heterocycles. The summed E-state index contributed by atoms with van der Waals surface area (Å²) < 4.78 is 8.80. The van der Waals surface area contributed by atoms with Gasteiger partial charge in [-0.1, -0.05) is 29.8 Å². The number of piperazine rings is 1. The first-order valence-corrected chi connectivity index (χ1v) is 12.1. The summed E-state index contributed by atoms with van der Waals surface area (Å²) in [7, 11) is 3.48. The van der Waals surface area contributed by atoms with Crippen LogP contribution in [-0.2, 0) is 18.4 Å². The Bertz CT molecular complexity index is 1250. The van der Waals surface area contributed by atoms with Gasteiger partial charge in [0.25, 0.3) is 5.56 Å². The zero-order valence-electron chi connectivity index (χ0n) is 20.6. The highest BCUT2D eigenvalue weighted by Crippen LogP contribution is 2.25. The second-order valence-corrected chi connectivity index (χ2v) is 9.31. The molecule has 1 aliphatic heterocycles. The Hall–Kier alpha value is -3.07. The van der Waals surface area contributed by atoms with Crippen LogP contribution in [-0.4, -0.2) is 64.4 Å². The first kappa shape index (κ1) is 25.0. The molecule has 1 saturated heterocycles. The Morgan fingerprint density at radius 3 is 2.46 bits per heavy atom. The molecular weight excluding hydrogens is 466 g/mol. The number of ether oxygens (including phenoxy) is 1. The van der Waals surface area contributed by atoms with E-state index in [1.807, 2.05) is 69.4 Å². The average Bonchev–Trinajstić information content (AvgIpc) is 3.07. The van der Waals surface area contributed by atoms with E-state index < -0.39 is 0 Å². The number of hydrogen-bond donors (Lipinski definition) is 1. The van der Waals surface area contributed by atoms with Gasteiger partial charge in [-0.2, -0.15) is 0 Å². The van der Waals surface area contributed by atoms with Crippen molar-refractivity contribution in [2.45, 2.75) is 26.4 Å². The Morgan fingerprint density at radius 1 is 1.11 bits per heavy atom. The number of nitrogens with zero attached hydrogens (tertiary/aromatic N) is 4. The number of halogens is 1. The summed E-state index contributed by atoms with van der Waals surface area (Å²) >= 11 is 6.17. The van der Waals surface area contributed by atoms with Crippen molar-refractivity contribution in [2.24, 2.45) is 7.05 Å². The lowest BCUT2D eigenvalue weighted by Gasteiger charge is -2.37. The molecule has 4 rings (SSSR count). The van der Waals surface area contributed by atoms with Crippen molar-refractivity contribution in [3.63, 3.8) is 0 Å². The molecule has 0 bridgehead atoms. The first-order chi connectivity index (χ1) is 16.8. The molecule has 0 saturated carbocycles. The Morgan fingerprint density at radius 2 is 1.80 bits per heavy atom. The number of anilines is 1. The summed E-state index contributed by atoms with van der Waals surface area (Å²) in [5, 5.41) is 3.59. The maximum Gasteiger partial charge on any atom is 0.295 e. The van der Waals surface area contributed by atoms with E-state index in [1.54, 1.807) is 16.5 Å². The van der Waals surface area contributed by atoms with E-state index in [2.05, 4.69) is 15.1 Å². The molecular formula is C26H32ClN5O3. The number of carbonyl (C=O) groups excluding carboxylic acids is 1. The van der Waals surface area contributed by atoms with Crippen LogP contribution in [0.5, 0.6) is 5.75 Å². The minimum absolute atomic E-state index is 0.180. The minimum Gasteiger partial charge on any atom is -0.496 e. The van der Waals surface area contributed by atoms with Gasteiger partial charge < -0.3 is 10.1 Å². The maximum atomic E-state index is 13.1. The standard InChI is InChI=1S/C26H32ClN5O3/c1-18-24(26(34)32(29(18)3)22-8-6-5-7-9-22)28-25(33)19(2)31-14-12-30(13-15-31)17-20-16-21(27)10-11-23(20)35-4/h5-11,16,19H,12-15,17H2,1-4H3,(H,28,33). The zero-order chi connectivity index (χ0) is 25.1. The molecule has 0 aliphatic carbocycles. The quantitative estimate of drug-likeness (QED) is 0.542. The summed E-state index contributed by atoms with van der Waals surface area (Å²) in [5.41, 5.74) is 2.59. The van der Waals surface area contributed by atoms with Crippen molar-refractivity contribution in [3.05, 3.63) is 75.2 Å². The van der Waals surface area contributed by atoms with Crippen LogP contribution >= 0.6 is 11.6 Å². The number of amides is 1. The minimum atomic E-state index is -0.359. The summed E-state index contributed by atoms with van der Waals surface area (Å²) in [6.45, 7) is 7.60. The molecule has 2 aromatic carbocycles. The topological polar surface area (TPSA) is 71.7 Å². The Kier molecular flexibility index (Phi) is 7.64. The summed E-state index contributed by atoms with van der Waals surface area (Å²) in [4.78, 5) is 30.7. The first-order valence-electron chi connectivity index (χ1n) is 11.7. The number of carbonyl (C=O) groups is 1. The molecule has 35 heavy (non-hydrogen) atoms. The molecule has 3 aromatic rings. The lowest BCUT2D eigenvalue weighted by molar-refractivity contribution is -0.121. The fraction of sp³-hybridized carbons (Fsp3) is 0.385. The molecule has 1 aromatic heterocycles. The highest BCUT2D eigenvalue weighted by molar-refractivity contribution is 6.30. The molecule has 1 N–H and O–H groups in total. The van der Waals surface area contributed by atoms with Gasteiger partial charge in [0, 0.05) is 50.4 Å². The van der Waals surface area contributed by atoms with Gasteiger partial charge >= 0.3 is 0 Å². The number of aromatic nitrogens is 2. The highest BCUT2D eigenvalue weighted by Gasteiger charge is 2.28. The summed E-state index contributed by atoms with van der Waals surface area (Å²) in [6, 6.07) is 14.7. The lowest BCUT2D eigenvalue weighted by atomic mass is 10.1. The van der Waals surface area contributed by atoms with E-state index >= 15 is 0 Å². The molecule has 8 nitrogen and oxygen atoms in total. The van der Waals surface area contributed by atoms with Gasteiger partial charge in [0.15, 0.2) is 0 Å². The van der Waals surface area contributed by atoms with Crippen LogP contribution in [0.25, 0.3) is 5.69 Å². The largest absolute Gasteiger partial charge is 0.496 e. The normalized spacial score (nSPS) is 15.7. The number of methoxy groups -OCH3 is 1. The van der Waals surface area contributed by atoms with E-state index in [0.717, 1.165) is 49.7 Å². The van der Waals surface area contributed by atoms with Crippen molar-refractivity contribution in [1.82, 2.24) is 19.2 Å². The van der Waals surface area contributed by atoms with Gasteiger partial charge in [-0.25, -0.2) is 4.68 Å². The molecule has 9 heteroatoms. The second kappa shape index (κ2) is 10.7. The van der Waals surface area contributed by atoms with Crippen molar-refractivity contribution < 1.29 is 9.53 Å². The van der Waals surface area contributed by atoms with Gasteiger partial charge in [-0.05, 0) is 44.2 Å². The van der Waals surface area contributed by atoms with Gasteiger partial charge in [-0.15, -0.1) is 0 Å². The Labute approximate surface area is 210 Å². The molecule has 1 fully saturated rings. The third kappa shape index (κ3) is 5.29. The van der Waals surface area contributed by atoms with Gasteiger partial charge in [-0.3, -0.25) is 24.1 Å². The fourth-order valence-electron chi connectivity index (χ4n) is 4.53. The smallest absolute Gasteiger partial charge is 0.295 e. The van der Waals surface area contributed by atoms with Crippen LogP contribution in [0.2, 0.25) is 5.02 Å². The predicted octanol–water partition coefficient (Wildman–Crippen LogP) is 3.29. The van der Waals surface area contributed by atoms with Gasteiger partial charge in [0.1, 0.15) is 11.4 Å². The van der Waals surface area contributed by atoms with Crippen LogP contribution in [0, 0.1) is 6.92 Å². The van der Waals surface area contributed by atoms with Crippen molar-refractivity contribution in [3.8, 4) is 11.4 Å². The zero-order valence-corrected chi connectivity index (χ0v) is 21.4. The van der Waals surface area contributed by atoms with E-state index in [4.69, 9.17) is 16.3 Å². The van der Waals surface area contributed by atoms with Crippen LogP contribution in [0.1, 0.15) is 18.2 Å². The SMILES string of the molecule is COc1ccc(Cl)cc1CN1CCN(C(C)C(=O)Nc2c(C)n(C)n(-c3ccccc3)c2=O)CC1. The molecule has 0 radical (unpaired) electrons. The van der Waals surface area contributed by atoms with Gasteiger partial charge in [0.2, 0.25) is 5.91 Å². The second-order valence-electron chi connectivity index (χ2n) is 8.87. The van der Waals surface area contributed by atoms with Crippen LogP contribution < -0.4 is 15.6 Å². The van der Waals surface area contributed by atoms with Crippen LogP contribution in [0.3, 0.4) is 0 Å². The molecule has 1 unspecified atom stereocenters. The van der Waals surface area contributed by atoms with Crippen LogP contribution in [0.15, 0.2) is 53.3 Å². The van der Waals surface area contributed by atoms with Crippen molar-refractivity contribution >= 4 is 23.2 Å². The van der Waals surface area contributed by atoms with Crippen molar-refractivity contribution in [2.75, 3.05) is 38.6 Å².